The number of pyridine rings is 1. The fourth-order valence-corrected chi connectivity index (χ4v) is 4.54. The number of carbonyl (C=O) groups excluding carboxylic acids is 1. The Hall–Kier alpha value is -1.75. The van der Waals surface area contributed by atoms with E-state index in [1.165, 1.54) is 0 Å². The Labute approximate surface area is 178 Å². The van der Waals surface area contributed by atoms with Gasteiger partial charge in [0.2, 0.25) is 0 Å². The zero-order valence-corrected chi connectivity index (χ0v) is 17.3. The van der Waals surface area contributed by atoms with Gasteiger partial charge in [0.15, 0.2) is 11.4 Å². The fourth-order valence-electron chi connectivity index (χ4n) is 3.85. The number of benzene rings is 1. The number of esters is 1. The van der Waals surface area contributed by atoms with Crippen LogP contribution in [0.3, 0.4) is 0 Å². The molecule has 4 nitrogen and oxygen atoms in total. The van der Waals surface area contributed by atoms with Gasteiger partial charge in [0.05, 0.1) is 10.7 Å². The van der Waals surface area contributed by atoms with Gasteiger partial charge in [0.25, 0.3) is 0 Å². The first kappa shape index (κ1) is 19.6. The maximum absolute atomic E-state index is 12.9. The SMILES string of the molecule is O=C1OC2(CCCCC2)C(OCc2cccc(Cl)n2)=C1c1ccc(Cl)cc1Cl. The first-order chi connectivity index (χ1) is 13.5. The summed E-state index contributed by atoms with van der Waals surface area (Å²) in [5.41, 5.74) is 0.858. The molecule has 1 aromatic heterocycles. The smallest absolute Gasteiger partial charge is 0.343 e. The molecule has 0 bridgehead atoms. The monoisotopic (exact) mass is 437 g/mol. The van der Waals surface area contributed by atoms with Gasteiger partial charge in [-0.3, -0.25) is 0 Å². The lowest BCUT2D eigenvalue weighted by atomic mass is 9.82. The lowest BCUT2D eigenvalue weighted by molar-refractivity contribution is -0.150. The van der Waals surface area contributed by atoms with Crippen LogP contribution in [0, 0.1) is 0 Å². The van der Waals surface area contributed by atoms with Crippen molar-refractivity contribution in [3.63, 3.8) is 0 Å². The lowest BCUT2D eigenvalue weighted by Gasteiger charge is -2.33. The van der Waals surface area contributed by atoms with Gasteiger partial charge in [-0.05, 0) is 49.9 Å². The molecule has 2 heterocycles. The minimum Gasteiger partial charge on any atom is -0.486 e. The zero-order chi connectivity index (χ0) is 19.7. The number of carbonyl (C=O) groups is 1. The average Bonchev–Trinajstić information content (AvgIpc) is 2.91. The molecule has 7 heteroatoms. The number of ether oxygens (including phenoxy) is 2. The highest BCUT2D eigenvalue weighted by Gasteiger charge is 2.50. The second kappa shape index (κ2) is 7.94. The number of nitrogens with zero attached hydrogens (tertiary/aromatic N) is 1. The molecule has 0 amide bonds. The van der Waals surface area contributed by atoms with Crippen LogP contribution in [0.4, 0.5) is 0 Å². The van der Waals surface area contributed by atoms with Gasteiger partial charge in [-0.15, -0.1) is 0 Å². The van der Waals surface area contributed by atoms with E-state index in [4.69, 9.17) is 44.3 Å². The number of halogens is 3. The first-order valence-electron chi connectivity index (χ1n) is 9.16. The Kier molecular flexibility index (Phi) is 5.55. The van der Waals surface area contributed by atoms with Gasteiger partial charge < -0.3 is 9.47 Å². The Bertz CT molecular complexity index is 952. The summed E-state index contributed by atoms with van der Waals surface area (Å²) in [4.78, 5) is 17.1. The van der Waals surface area contributed by atoms with Crippen molar-refractivity contribution < 1.29 is 14.3 Å². The molecule has 4 rings (SSSR count). The van der Waals surface area contributed by atoms with E-state index in [1.807, 2.05) is 12.1 Å². The van der Waals surface area contributed by atoms with Crippen LogP contribution in [0.5, 0.6) is 0 Å². The summed E-state index contributed by atoms with van der Waals surface area (Å²) < 4.78 is 12.1. The van der Waals surface area contributed by atoms with Gasteiger partial charge in [-0.25, -0.2) is 9.78 Å². The summed E-state index contributed by atoms with van der Waals surface area (Å²) in [6, 6.07) is 10.4. The number of aromatic nitrogens is 1. The zero-order valence-electron chi connectivity index (χ0n) is 15.0. The summed E-state index contributed by atoms with van der Waals surface area (Å²) >= 11 is 18.4. The van der Waals surface area contributed by atoms with E-state index in [2.05, 4.69) is 4.98 Å². The molecule has 146 valence electrons. The second-order valence-electron chi connectivity index (χ2n) is 7.01. The molecular weight excluding hydrogens is 421 g/mol. The van der Waals surface area contributed by atoms with Crippen molar-refractivity contribution in [1.29, 1.82) is 0 Å². The van der Waals surface area contributed by atoms with E-state index in [1.54, 1.807) is 24.3 Å². The summed E-state index contributed by atoms with van der Waals surface area (Å²) in [5, 5.41) is 1.27. The quantitative estimate of drug-likeness (QED) is 0.419. The number of hydrogen-bond donors (Lipinski definition) is 0. The summed E-state index contributed by atoms with van der Waals surface area (Å²) in [6.45, 7) is 0.184. The molecule has 2 aliphatic rings. The maximum atomic E-state index is 12.9. The topological polar surface area (TPSA) is 48.4 Å². The van der Waals surface area contributed by atoms with Crippen molar-refractivity contribution in [3.8, 4) is 0 Å². The molecule has 1 spiro atoms. The largest absolute Gasteiger partial charge is 0.486 e. The lowest BCUT2D eigenvalue weighted by Crippen LogP contribution is -2.35. The molecule has 2 aromatic rings. The molecule has 28 heavy (non-hydrogen) atoms. The van der Waals surface area contributed by atoms with Gasteiger partial charge in [-0.1, -0.05) is 53.4 Å². The predicted molar refractivity (Wildman–Crippen MR) is 109 cm³/mol. The molecule has 1 aliphatic carbocycles. The van der Waals surface area contributed by atoms with Crippen molar-refractivity contribution >= 4 is 46.3 Å². The normalized spacial score (nSPS) is 18.5. The van der Waals surface area contributed by atoms with Gasteiger partial charge in [-0.2, -0.15) is 0 Å². The molecule has 1 aliphatic heterocycles. The third kappa shape index (κ3) is 3.73. The molecule has 0 radical (unpaired) electrons. The third-order valence-electron chi connectivity index (χ3n) is 5.13. The number of hydrogen-bond acceptors (Lipinski definition) is 4. The van der Waals surface area contributed by atoms with E-state index in [-0.39, 0.29) is 6.61 Å². The van der Waals surface area contributed by atoms with Crippen LogP contribution in [0.25, 0.3) is 5.57 Å². The molecule has 0 atom stereocenters. The first-order valence-corrected chi connectivity index (χ1v) is 10.3. The summed E-state index contributed by atoms with van der Waals surface area (Å²) in [5.74, 6) is 0.114. The molecule has 1 saturated carbocycles. The van der Waals surface area contributed by atoms with Crippen LogP contribution in [0.2, 0.25) is 15.2 Å². The minimum absolute atomic E-state index is 0.184. The maximum Gasteiger partial charge on any atom is 0.343 e. The van der Waals surface area contributed by atoms with Crippen molar-refractivity contribution in [1.82, 2.24) is 4.98 Å². The van der Waals surface area contributed by atoms with Gasteiger partial charge in [0.1, 0.15) is 17.3 Å². The van der Waals surface area contributed by atoms with Gasteiger partial charge >= 0.3 is 5.97 Å². The molecular formula is C21H18Cl3NO3. The van der Waals surface area contributed by atoms with Crippen LogP contribution < -0.4 is 0 Å². The average molecular weight is 439 g/mol. The third-order valence-corrected chi connectivity index (χ3v) is 5.89. The van der Waals surface area contributed by atoms with E-state index in [0.717, 1.165) is 32.1 Å². The highest BCUT2D eigenvalue weighted by Crippen LogP contribution is 2.48. The van der Waals surface area contributed by atoms with Crippen LogP contribution in [0.1, 0.15) is 43.4 Å². The molecule has 1 fully saturated rings. The van der Waals surface area contributed by atoms with E-state index < -0.39 is 11.6 Å². The molecule has 0 saturated heterocycles. The van der Waals surface area contributed by atoms with Crippen LogP contribution >= 0.6 is 34.8 Å². The highest BCUT2D eigenvalue weighted by atomic mass is 35.5. The fraction of sp³-hybridized carbons (Fsp3) is 0.333. The number of rotatable bonds is 4. The van der Waals surface area contributed by atoms with Crippen molar-refractivity contribution in [3.05, 3.63) is 68.6 Å². The Balaban J connectivity index is 1.77. The van der Waals surface area contributed by atoms with Crippen LogP contribution in [-0.2, 0) is 20.9 Å². The molecule has 0 N–H and O–H groups in total. The van der Waals surface area contributed by atoms with Crippen molar-refractivity contribution in [2.24, 2.45) is 0 Å². The summed E-state index contributed by atoms with van der Waals surface area (Å²) in [6.07, 6.45) is 4.51. The molecule has 1 aromatic carbocycles. The van der Waals surface area contributed by atoms with Gasteiger partial charge in [0, 0.05) is 10.6 Å². The minimum atomic E-state index is -0.744. The predicted octanol–water partition coefficient (Wildman–Crippen LogP) is 6.23. The second-order valence-corrected chi connectivity index (χ2v) is 8.24. The molecule has 0 unspecified atom stereocenters. The highest BCUT2D eigenvalue weighted by molar-refractivity contribution is 6.37. The van der Waals surface area contributed by atoms with E-state index in [0.29, 0.717) is 37.8 Å². The Morgan fingerprint density at radius 1 is 1.07 bits per heavy atom. The summed E-state index contributed by atoms with van der Waals surface area (Å²) in [7, 11) is 0. The Morgan fingerprint density at radius 3 is 2.57 bits per heavy atom. The van der Waals surface area contributed by atoms with Crippen molar-refractivity contribution in [2.75, 3.05) is 0 Å². The van der Waals surface area contributed by atoms with Crippen LogP contribution in [-0.4, -0.2) is 16.6 Å². The Morgan fingerprint density at radius 2 is 1.86 bits per heavy atom. The van der Waals surface area contributed by atoms with Crippen molar-refractivity contribution in [2.45, 2.75) is 44.3 Å². The van der Waals surface area contributed by atoms with E-state index in [9.17, 15) is 4.79 Å². The van der Waals surface area contributed by atoms with Crippen LogP contribution in [0.15, 0.2) is 42.2 Å². The van der Waals surface area contributed by atoms with E-state index >= 15 is 0 Å². The standard InChI is InChI=1S/C21H18Cl3NO3/c22-13-7-8-15(16(23)11-13)18-19(27-12-14-5-4-6-17(24)25-14)21(28-20(18)26)9-2-1-3-10-21/h4-8,11H,1-3,9-10,12H2.